The summed E-state index contributed by atoms with van der Waals surface area (Å²) in [6.07, 6.45) is 4.21. The molecule has 0 aromatic rings. The number of hydrogen-bond acceptors (Lipinski definition) is 0. The number of hydrogen-bond donors (Lipinski definition) is 0. The molecule has 2 heteroatoms. The van der Waals surface area contributed by atoms with Gasteiger partial charge >= 0.3 is 0 Å². The van der Waals surface area contributed by atoms with E-state index in [9.17, 15) is 8.78 Å². The fourth-order valence-corrected chi connectivity index (χ4v) is 1.57. The minimum Gasteiger partial charge on any atom is -0.207 e. The lowest BCUT2D eigenvalue weighted by Crippen LogP contribution is -2.24. The van der Waals surface area contributed by atoms with Crippen molar-refractivity contribution in [2.75, 3.05) is 0 Å². The molecular formula is C11H20F2. The highest BCUT2D eigenvalue weighted by molar-refractivity contribution is 4.81. The number of halogens is 2. The Morgan fingerprint density at radius 2 is 1.77 bits per heavy atom. The van der Waals surface area contributed by atoms with Crippen molar-refractivity contribution < 1.29 is 8.78 Å². The van der Waals surface area contributed by atoms with Crippen LogP contribution in [0.1, 0.15) is 46.0 Å². The average molecular weight is 190 g/mol. The van der Waals surface area contributed by atoms with E-state index < -0.39 is 5.92 Å². The zero-order valence-electron chi connectivity index (χ0n) is 8.65. The van der Waals surface area contributed by atoms with Gasteiger partial charge in [-0.2, -0.15) is 0 Å². The second kappa shape index (κ2) is 6.11. The van der Waals surface area contributed by atoms with E-state index in [1.807, 2.05) is 19.9 Å². The second-order valence-corrected chi connectivity index (χ2v) is 3.32. The van der Waals surface area contributed by atoms with Gasteiger partial charge in [0.15, 0.2) is 0 Å². The van der Waals surface area contributed by atoms with Crippen molar-refractivity contribution in [3.8, 4) is 0 Å². The SMILES string of the molecule is C=CCC1CCC(F)(F)CC1.CC. The molecule has 0 atom stereocenters. The Kier molecular flexibility index (Phi) is 5.93. The first-order valence-electron chi connectivity index (χ1n) is 5.13. The molecule has 0 spiro atoms. The van der Waals surface area contributed by atoms with Crippen LogP contribution in [0.15, 0.2) is 12.7 Å². The highest BCUT2D eigenvalue weighted by Gasteiger charge is 2.34. The molecule has 0 unspecified atom stereocenters. The lowest BCUT2D eigenvalue weighted by Gasteiger charge is -2.27. The molecule has 0 amide bonds. The van der Waals surface area contributed by atoms with Crippen LogP contribution in [-0.4, -0.2) is 5.92 Å². The van der Waals surface area contributed by atoms with E-state index in [0.717, 1.165) is 6.42 Å². The fourth-order valence-electron chi connectivity index (χ4n) is 1.57. The van der Waals surface area contributed by atoms with E-state index in [0.29, 0.717) is 18.8 Å². The zero-order valence-corrected chi connectivity index (χ0v) is 8.65. The molecule has 0 N–H and O–H groups in total. The third-order valence-electron chi connectivity index (χ3n) is 2.34. The molecule has 0 aromatic heterocycles. The normalized spacial score (nSPS) is 21.5. The molecular weight excluding hydrogens is 170 g/mol. The minimum absolute atomic E-state index is 0.0749. The molecule has 1 aliphatic carbocycles. The highest BCUT2D eigenvalue weighted by atomic mass is 19.3. The van der Waals surface area contributed by atoms with Crippen LogP contribution < -0.4 is 0 Å². The fraction of sp³-hybridized carbons (Fsp3) is 0.818. The maximum Gasteiger partial charge on any atom is 0.248 e. The van der Waals surface area contributed by atoms with Crippen molar-refractivity contribution in [1.29, 1.82) is 0 Å². The van der Waals surface area contributed by atoms with E-state index in [2.05, 4.69) is 6.58 Å². The van der Waals surface area contributed by atoms with Gasteiger partial charge in [0.25, 0.3) is 0 Å². The van der Waals surface area contributed by atoms with Gasteiger partial charge in [0, 0.05) is 12.8 Å². The maximum absolute atomic E-state index is 12.6. The Morgan fingerprint density at radius 3 is 2.15 bits per heavy atom. The van der Waals surface area contributed by atoms with E-state index >= 15 is 0 Å². The van der Waals surface area contributed by atoms with Crippen LogP contribution in [-0.2, 0) is 0 Å². The van der Waals surface area contributed by atoms with Crippen LogP contribution in [0, 0.1) is 5.92 Å². The van der Waals surface area contributed by atoms with E-state index in [-0.39, 0.29) is 12.8 Å². The van der Waals surface area contributed by atoms with Gasteiger partial charge in [0.2, 0.25) is 5.92 Å². The standard InChI is InChI=1S/C9H14F2.C2H6/c1-2-3-8-4-6-9(10,11)7-5-8;1-2/h2,8H,1,3-7H2;1-2H3. The van der Waals surface area contributed by atoms with E-state index in [1.165, 1.54) is 0 Å². The van der Waals surface area contributed by atoms with E-state index in [4.69, 9.17) is 0 Å². The Bertz CT molecular complexity index is 131. The molecule has 0 aromatic carbocycles. The first kappa shape index (κ1) is 12.6. The monoisotopic (exact) mass is 190 g/mol. The third kappa shape index (κ3) is 5.02. The molecule has 13 heavy (non-hydrogen) atoms. The molecule has 0 saturated heterocycles. The van der Waals surface area contributed by atoms with Gasteiger partial charge in [0.05, 0.1) is 0 Å². The van der Waals surface area contributed by atoms with Crippen molar-refractivity contribution in [2.24, 2.45) is 5.92 Å². The van der Waals surface area contributed by atoms with Crippen molar-refractivity contribution >= 4 is 0 Å². The second-order valence-electron chi connectivity index (χ2n) is 3.32. The summed E-state index contributed by atoms with van der Waals surface area (Å²) in [6.45, 7) is 7.60. The zero-order chi connectivity index (χ0) is 10.3. The Balaban J connectivity index is 0.000000671. The van der Waals surface area contributed by atoms with Crippen LogP contribution in [0.5, 0.6) is 0 Å². The molecule has 0 heterocycles. The summed E-state index contributed by atoms with van der Waals surface area (Å²) >= 11 is 0. The molecule has 0 aliphatic heterocycles. The first-order chi connectivity index (χ1) is 6.14. The van der Waals surface area contributed by atoms with Crippen molar-refractivity contribution in [3.05, 3.63) is 12.7 Å². The van der Waals surface area contributed by atoms with E-state index in [1.54, 1.807) is 0 Å². The summed E-state index contributed by atoms with van der Waals surface area (Å²) in [6, 6.07) is 0. The minimum atomic E-state index is -2.38. The Hall–Kier alpha value is -0.400. The predicted molar refractivity (Wildman–Crippen MR) is 53.1 cm³/mol. The summed E-state index contributed by atoms with van der Waals surface area (Å²) < 4.78 is 25.2. The number of allylic oxidation sites excluding steroid dienone is 1. The maximum atomic E-state index is 12.6. The lowest BCUT2D eigenvalue weighted by molar-refractivity contribution is -0.0453. The average Bonchev–Trinajstić information content (AvgIpc) is 2.13. The van der Waals surface area contributed by atoms with Crippen LogP contribution >= 0.6 is 0 Å². The van der Waals surface area contributed by atoms with Gasteiger partial charge < -0.3 is 0 Å². The van der Waals surface area contributed by atoms with Gasteiger partial charge in [-0.05, 0) is 25.2 Å². The number of alkyl halides is 2. The smallest absolute Gasteiger partial charge is 0.207 e. The van der Waals surface area contributed by atoms with Crippen LogP contribution in [0.25, 0.3) is 0 Å². The van der Waals surface area contributed by atoms with Gasteiger partial charge in [-0.25, -0.2) is 8.78 Å². The quantitative estimate of drug-likeness (QED) is 0.566. The van der Waals surface area contributed by atoms with Crippen LogP contribution in [0.2, 0.25) is 0 Å². The molecule has 0 bridgehead atoms. The van der Waals surface area contributed by atoms with Gasteiger partial charge in [0.1, 0.15) is 0 Å². The largest absolute Gasteiger partial charge is 0.248 e. The molecule has 1 aliphatic rings. The molecule has 78 valence electrons. The Labute approximate surface area is 80.0 Å². The van der Waals surface area contributed by atoms with Gasteiger partial charge in [-0.3, -0.25) is 0 Å². The van der Waals surface area contributed by atoms with Crippen molar-refractivity contribution in [1.82, 2.24) is 0 Å². The van der Waals surface area contributed by atoms with Gasteiger partial charge in [-0.1, -0.05) is 19.9 Å². The molecule has 1 saturated carbocycles. The summed E-state index contributed by atoms with van der Waals surface area (Å²) in [7, 11) is 0. The topological polar surface area (TPSA) is 0 Å². The molecule has 0 nitrogen and oxygen atoms in total. The first-order valence-corrected chi connectivity index (χ1v) is 5.13. The molecule has 1 fully saturated rings. The van der Waals surface area contributed by atoms with Crippen LogP contribution in [0.3, 0.4) is 0 Å². The summed E-state index contributed by atoms with van der Waals surface area (Å²) in [5.41, 5.74) is 0. The third-order valence-corrected chi connectivity index (χ3v) is 2.34. The predicted octanol–water partition coefficient (Wildman–Crippen LogP) is 4.41. The summed E-state index contributed by atoms with van der Waals surface area (Å²) in [4.78, 5) is 0. The van der Waals surface area contributed by atoms with Crippen molar-refractivity contribution in [2.45, 2.75) is 51.9 Å². The highest BCUT2D eigenvalue weighted by Crippen LogP contribution is 2.37. The summed E-state index contributed by atoms with van der Waals surface area (Å²) in [5.74, 6) is -1.91. The number of rotatable bonds is 2. The summed E-state index contributed by atoms with van der Waals surface area (Å²) in [5, 5.41) is 0. The molecule has 0 radical (unpaired) electrons. The Morgan fingerprint density at radius 1 is 1.31 bits per heavy atom. The lowest BCUT2D eigenvalue weighted by atomic mass is 9.85. The van der Waals surface area contributed by atoms with Crippen LogP contribution in [0.4, 0.5) is 8.78 Å². The molecule has 1 rings (SSSR count). The van der Waals surface area contributed by atoms with Gasteiger partial charge in [-0.15, -0.1) is 6.58 Å². The van der Waals surface area contributed by atoms with Crippen molar-refractivity contribution in [3.63, 3.8) is 0 Å².